The molecular weight excluding hydrogens is 462 g/mol. The van der Waals surface area contributed by atoms with Crippen LogP contribution in [0.1, 0.15) is 46.5 Å². The number of sulfonamides is 1. The minimum atomic E-state index is -3.82. The number of amides is 1. The average Bonchev–Trinajstić information content (AvgIpc) is 3.21. The summed E-state index contributed by atoms with van der Waals surface area (Å²) in [5, 5.41) is 6.91. The van der Waals surface area contributed by atoms with Crippen molar-refractivity contribution in [2.75, 3.05) is 18.4 Å². The predicted molar refractivity (Wildman–Crippen MR) is 137 cm³/mol. The fraction of sp³-hybridized carbons (Fsp3) is 0.333. The molecule has 7 nitrogen and oxygen atoms in total. The SMILES string of the molecule is Cc1ccc(C=Cc2onc(C)c2S(=O)(=O)N2CCC(C(=O)Nc3ccc(C)cc3C)CC2)cc1. The van der Waals surface area contributed by atoms with Crippen molar-refractivity contribution in [3.05, 3.63) is 76.2 Å². The Bertz CT molecular complexity index is 1350. The Kier molecular flexibility index (Phi) is 7.23. The zero-order chi connectivity index (χ0) is 25.2. The van der Waals surface area contributed by atoms with E-state index in [1.807, 2.05) is 69.3 Å². The molecule has 1 aliphatic heterocycles. The van der Waals surface area contributed by atoms with E-state index in [2.05, 4.69) is 10.5 Å². The highest BCUT2D eigenvalue weighted by molar-refractivity contribution is 7.89. The van der Waals surface area contributed by atoms with Gasteiger partial charge < -0.3 is 9.84 Å². The van der Waals surface area contributed by atoms with Gasteiger partial charge in [0.05, 0.1) is 0 Å². The first-order valence-electron chi connectivity index (χ1n) is 11.7. The summed E-state index contributed by atoms with van der Waals surface area (Å²) in [6, 6.07) is 13.8. The molecule has 35 heavy (non-hydrogen) atoms. The number of aromatic nitrogens is 1. The summed E-state index contributed by atoms with van der Waals surface area (Å²) in [4.78, 5) is 12.9. The third-order valence-electron chi connectivity index (χ3n) is 6.40. The van der Waals surface area contributed by atoms with Crippen molar-refractivity contribution in [2.24, 2.45) is 5.92 Å². The molecule has 2 heterocycles. The van der Waals surface area contributed by atoms with Gasteiger partial charge in [-0.3, -0.25) is 4.79 Å². The first kappa shape index (κ1) is 24.9. The van der Waals surface area contributed by atoms with Crippen LogP contribution in [0.25, 0.3) is 12.2 Å². The Labute approximate surface area is 206 Å². The lowest BCUT2D eigenvalue weighted by Crippen LogP contribution is -2.41. The number of aryl methyl sites for hydroxylation is 4. The Hall–Kier alpha value is -3.23. The summed E-state index contributed by atoms with van der Waals surface area (Å²) >= 11 is 0. The molecule has 0 bridgehead atoms. The van der Waals surface area contributed by atoms with E-state index in [4.69, 9.17) is 4.52 Å². The first-order chi connectivity index (χ1) is 16.6. The van der Waals surface area contributed by atoms with E-state index in [1.54, 1.807) is 13.0 Å². The molecule has 0 saturated carbocycles. The Morgan fingerprint density at radius 2 is 1.66 bits per heavy atom. The molecule has 0 spiro atoms. The largest absolute Gasteiger partial charge is 0.355 e. The summed E-state index contributed by atoms with van der Waals surface area (Å²) in [6.45, 7) is 8.13. The number of nitrogens with one attached hydrogen (secondary N) is 1. The highest BCUT2D eigenvalue weighted by Gasteiger charge is 2.36. The van der Waals surface area contributed by atoms with Crippen LogP contribution in [0.5, 0.6) is 0 Å². The topological polar surface area (TPSA) is 92.5 Å². The van der Waals surface area contributed by atoms with Crippen molar-refractivity contribution in [1.82, 2.24) is 9.46 Å². The van der Waals surface area contributed by atoms with E-state index in [9.17, 15) is 13.2 Å². The maximum atomic E-state index is 13.5. The van der Waals surface area contributed by atoms with Crippen molar-refractivity contribution >= 4 is 33.8 Å². The van der Waals surface area contributed by atoms with Gasteiger partial charge in [0.2, 0.25) is 15.9 Å². The predicted octanol–water partition coefficient (Wildman–Crippen LogP) is 5.12. The molecule has 4 rings (SSSR count). The molecule has 2 aromatic carbocycles. The number of nitrogens with zero attached hydrogens (tertiary/aromatic N) is 2. The lowest BCUT2D eigenvalue weighted by Gasteiger charge is -2.30. The van der Waals surface area contributed by atoms with E-state index < -0.39 is 10.0 Å². The minimum absolute atomic E-state index is 0.0723. The molecule has 3 aromatic rings. The van der Waals surface area contributed by atoms with Crippen molar-refractivity contribution < 1.29 is 17.7 Å². The second-order valence-corrected chi connectivity index (χ2v) is 11.1. The molecule has 1 amide bonds. The van der Waals surface area contributed by atoms with Crippen LogP contribution in [0.15, 0.2) is 51.9 Å². The summed E-state index contributed by atoms with van der Waals surface area (Å²) in [5.74, 6) is -0.110. The van der Waals surface area contributed by atoms with Crippen LogP contribution < -0.4 is 5.32 Å². The number of anilines is 1. The lowest BCUT2D eigenvalue weighted by atomic mass is 9.97. The Morgan fingerprint density at radius 3 is 2.31 bits per heavy atom. The van der Waals surface area contributed by atoms with Gasteiger partial charge in [-0.15, -0.1) is 0 Å². The number of benzene rings is 2. The van der Waals surface area contributed by atoms with Crippen LogP contribution in [-0.2, 0) is 14.8 Å². The van der Waals surface area contributed by atoms with Crippen molar-refractivity contribution in [3.63, 3.8) is 0 Å². The van der Waals surface area contributed by atoms with Gasteiger partial charge >= 0.3 is 0 Å². The number of rotatable bonds is 6. The summed E-state index contributed by atoms with van der Waals surface area (Å²) in [5.41, 5.74) is 5.34. The second-order valence-electron chi connectivity index (χ2n) is 9.19. The van der Waals surface area contributed by atoms with Gasteiger partial charge in [-0.2, -0.15) is 4.31 Å². The number of carbonyl (C=O) groups is 1. The molecule has 0 radical (unpaired) electrons. The quantitative estimate of drug-likeness (QED) is 0.515. The molecular formula is C27H31N3O4S. The van der Waals surface area contributed by atoms with E-state index in [0.29, 0.717) is 18.5 Å². The van der Waals surface area contributed by atoms with E-state index in [1.165, 1.54) is 4.31 Å². The van der Waals surface area contributed by atoms with Gasteiger partial charge in [-0.05, 0) is 63.8 Å². The molecule has 8 heteroatoms. The van der Waals surface area contributed by atoms with Gasteiger partial charge in [-0.25, -0.2) is 8.42 Å². The molecule has 1 aliphatic rings. The molecule has 1 N–H and O–H groups in total. The van der Waals surface area contributed by atoms with Crippen LogP contribution in [0, 0.1) is 33.6 Å². The van der Waals surface area contributed by atoms with E-state index >= 15 is 0 Å². The van der Waals surface area contributed by atoms with Gasteiger partial charge in [-0.1, -0.05) is 58.8 Å². The monoisotopic (exact) mass is 493 g/mol. The molecule has 0 unspecified atom stereocenters. The lowest BCUT2D eigenvalue weighted by molar-refractivity contribution is -0.120. The van der Waals surface area contributed by atoms with Crippen LogP contribution in [0.3, 0.4) is 0 Å². The zero-order valence-corrected chi connectivity index (χ0v) is 21.4. The van der Waals surface area contributed by atoms with E-state index in [0.717, 1.165) is 27.9 Å². The third kappa shape index (κ3) is 5.55. The number of carbonyl (C=O) groups excluding carboxylic acids is 1. The maximum Gasteiger partial charge on any atom is 0.248 e. The first-order valence-corrected chi connectivity index (χ1v) is 13.2. The molecule has 1 fully saturated rings. The third-order valence-corrected chi connectivity index (χ3v) is 8.46. The van der Waals surface area contributed by atoms with Gasteiger partial charge in [0.25, 0.3) is 0 Å². The fourth-order valence-corrected chi connectivity index (χ4v) is 6.04. The number of piperidine rings is 1. The summed E-state index contributed by atoms with van der Waals surface area (Å²) in [6.07, 6.45) is 4.35. The average molecular weight is 494 g/mol. The van der Waals surface area contributed by atoms with Gasteiger partial charge in [0.1, 0.15) is 5.69 Å². The van der Waals surface area contributed by atoms with Gasteiger partial charge in [0, 0.05) is 24.7 Å². The number of hydrogen-bond acceptors (Lipinski definition) is 5. The summed E-state index contributed by atoms with van der Waals surface area (Å²) < 4.78 is 33.7. The molecule has 0 atom stereocenters. The zero-order valence-electron chi connectivity index (χ0n) is 20.5. The van der Waals surface area contributed by atoms with E-state index in [-0.39, 0.29) is 35.6 Å². The molecule has 1 aromatic heterocycles. The smallest absolute Gasteiger partial charge is 0.248 e. The second kappa shape index (κ2) is 10.2. The molecule has 1 saturated heterocycles. The normalized spacial score (nSPS) is 15.5. The van der Waals surface area contributed by atoms with Crippen LogP contribution in [-0.4, -0.2) is 36.9 Å². The van der Waals surface area contributed by atoms with Crippen molar-refractivity contribution in [3.8, 4) is 0 Å². The highest BCUT2D eigenvalue weighted by Crippen LogP contribution is 2.30. The molecule has 0 aliphatic carbocycles. The summed E-state index contributed by atoms with van der Waals surface area (Å²) in [7, 11) is -3.82. The van der Waals surface area contributed by atoms with Crippen molar-refractivity contribution in [2.45, 2.75) is 45.4 Å². The van der Waals surface area contributed by atoms with Crippen LogP contribution in [0.4, 0.5) is 5.69 Å². The Balaban J connectivity index is 1.45. The maximum absolute atomic E-state index is 13.5. The standard InChI is InChI=1S/C27H31N3O4S/c1-18-5-8-22(9-6-18)10-12-25-26(21(4)29-34-25)35(32,33)30-15-13-23(14-16-30)27(31)28-24-11-7-19(2)17-20(24)3/h5-12,17,23H,13-16H2,1-4H3,(H,28,31). The number of hydrogen-bond donors (Lipinski definition) is 1. The Morgan fingerprint density at radius 1 is 1.00 bits per heavy atom. The highest BCUT2D eigenvalue weighted by atomic mass is 32.2. The molecule has 184 valence electrons. The van der Waals surface area contributed by atoms with Crippen molar-refractivity contribution in [1.29, 1.82) is 0 Å². The van der Waals surface area contributed by atoms with Gasteiger partial charge in [0.15, 0.2) is 10.7 Å². The fourth-order valence-electron chi connectivity index (χ4n) is 4.32. The van der Waals surface area contributed by atoms with Crippen LogP contribution >= 0.6 is 0 Å². The van der Waals surface area contributed by atoms with Crippen LogP contribution in [0.2, 0.25) is 0 Å². The minimum Gasteiger partial charge on any atom is -0.355 e.